The van der Waals surface area contributed by atoms with Crippen molar-refractivity contribution in [1.82, 2.24) is 9.78 Å². The Balaban J connectivity index is 1.75. The lowest BCUT2D eigenvalue weighted by molar-refractivity contribution is -0.118. The van der Waals surface area contributed by atoms with Crippen LogP contribution >= 0.6 is 0 Å². The molecule has 0 spiro atoms. The fraction of sp³-hybridized carbons (Fsp3) is 0.389. The van der Waals surface area contributed by atoms with Gasteiger partial charge in [0, 0.05) is 37.0 Å². The van der Waals surface area contributed by atoms with Crippen molar-refractivity contribution in [2.75, 3.05) is 11.4 Å². The number of hydrogen-bond acceptors (Lipinski definition) is 3. The van der Waals surface area contributed by atoms with Crippen molar-refractivity contribution in [2.24, 2.45) is 12.8 Å². The lowest BCUT2D eigenvalue weighted by Crippen LogP contribution is -2.35. The van der Waals surface area contributed by atoms with Gasteiger partial charge in [0.25, 0.3) is 0 Å². The third-order valence-electron chi connectivity index (χ3n) is 4.73. The summed E-state index contributed by atoms with van der Waals surface area (Å²) >= 11 is 0. The zero-order valence-corrected chi connectivity index (χ0v) is 14.1. The van der Waals surface area contributed by atoms with Crippen LogP contribution in [0.2, 0.25) is 0 Å². The summed E-state index contributed by atoms with van der Waals surface area (Å²) in [5, 5.41) is 4.22. The van der Waals surface area contributed by atoms with Crippen LogP contribution in [0.1, 0.15) is 40.0 Å². The van der Waals surface area contributed by atoms with E-state index in [0.29, 0.717) is 24.9 Å². The predicted octanol–water partition coefficient (Wildman–Crippen LogP) is 1.74. The molecular formula is C18H22N4O2. The van der Waals surface area contributed by atoms with Gasteiger partial charge < -0.3 is 10.6 Å². The molecule has 2 amide bonds. The van der Waals surface area contributed by atoms with Crippen LogP contribution in [-0.2, 0) is 24.7 Å². The number of carbonyl (C=O) groups excluding carboxylic acids is 2. The number of carbonyl (C=O) groups is 2. The van der Waals surface area contributed by atoms with E-state index in [0.717, 1.165) is 35.3 Å². The fourth-order valence-electron chi connectivity index (χ4n) is 3.18. The first kappa shape index (κ1) is 16.2. The van der Waals surface area contributed by atoms with Crippen LogP contribution in [0, 0.1) is 6.92 Å². The number of nitrogens with zero attached hydrogens (tertiary/aromatic N) is 3. The predicted molar refractivity (Wildman–Crippen MR) is 91.9 cm³/mol. The van der Waals surface area contributed by atoms with Gasteiger partial charge in [-0.3, -0.25) is 14.3 Å². The van der Waals surface area contributed by atoms with E-state index in [1.165, 1.54) is 0 Å². The molecule has 0 radical (unpaired) electrons. The number of amides is 2. The van der Waals surface area contributed by atoms with Crippen LogP contribution in [0.3, 0.4) is 0 Å². The summed E-state index contributed by atoms with van der Waals surface area (Å²) in [4.78, 5) is 25.8. The minimum Gasteiger partial charge on any atom is -0.366 e. The average Bonchev–Trinajstić information content (AvgIpc) is 2.90. The van der Waals surface area contributed by atoms with E-state index in [1.54, 1.807) is 6.07 Å². The van der Waals surface area contributed by atoms with E-state index < -0.39 is 5.91 Å². The van der Waals surface area contributed by atoms with Crippen molar-refractivity contribution in [1.29, 1.82) is 0 Å². The molecule has 2 heterocycles. The number of aromatic nitrogens is 2. The van der Waals surface area contributed by atoms with E-state index in [-0.39, 0.29) is 5.91 Å². The molecule has 0 aliphatic carbocycles. The van der Waals surface area contributed by atoms with Gasteiger partial charge in [-0.15, -0.1) is 0 Å². The molecule has 0 fully saturated rings. The van der Waals surface area contributed by atoms with E-state index in [2.05, 4.69) is 5.10 Å². The molecule has 0 saturated heterocycles. The topological polar surface area (TPSA) is 81.2 Å². The monoisotopic (exact) mass is 326 g/mol. The first-order valence-corrected chi connectivity index (χ1v) is 8.18. The van der Waals surface area contributed by atoms with E-state index in [4.69, 9.17) is 5.73 Å². The van der Waals surface area contributed by atoms with Crippen molar-refractivity contribution in [3.8, 4) is 0 Å². The van der Waals surface area contributed by atoms with E-state index in [9.17, 15) is 9.59 Å². The van der Waals surface area contributed by atoms with Gasteiger partial charge in [0.15, 0.2) is 0 Å². The zero-order chi connectivity index (χ0) is 17.3. The number of fused-ring (bicyclic) bond motifs is 1. The number of aryl methyl sites for hydroxylation is 3. The first-order valence-electron chi connectivity index (χ1n) is 8.18. The molecule has 0 saturated carbocycles. The summed E-state index contributed by atoms with van der Waals surface area (Å²) in [5.74, 6) is -0.334. The number of primary amides is 1. The molecule has 6 nitrogen and oxygen atoms in total. The summed E-state index contributed by atoms with van der Waals surface area (Å²) in [7, 11) is 1.90. The maximum absolute atomic E-state index is 12.7. The van der Waals surface area contributed by atoms with Crippen LogP contribution in [0.4, 0.5) is 5.69 Å². The second-order valence-electron chi connectivity index (χ2n) is 6.24. The highest BCUT2D eigenvalue weighted by atomic mass is 16.2. The van der Waals surface area contributed by atoms with Crippen LogP contribution in [-0.4, -0.2) is 28.1 Å². The van der Waals surface area contributed by atoms with Gasteiger partial charge in [-0.25, -0.2) is 0 Å². The Bertz CT molecular complexity index is 794. The fourth-order valence-corrected chi connectivity index (χ4v) is 3.18. The van der Waals surface area contributed by atoms with E-state index in [1.807, 2.05) is 41.9 Å². The number of benzene rings is 1. The minimum atomic E-state index is -0.437. The van der Waals surface area contributed by atoms with Crippen LogP contribution < -0.4 is 10.6 Å². The number of anilines is 1. The SMILES string of the molecule is Cc1c(CCC(=O)N2CCCc3cc(C(N)=O)ccc32)cnn1C. The normalized spacial score (nSPS) is 13.7. The third-order valence-corrected chi connectivity index (χ3v) is 4.73. The Hall–Kier alpha value is -2.63. The molecule has 2 aromatic rings. The van der Waals surface area contributed by atoms with Crippen molar-refractivity contribution in [3.05, 3.63) is 46.8 Å². The van der Waals surface area contributed by atoms with Gasteiger partial charge in [-0.1, -0.05) is 0 Å². The summed E-state index contributed by atoms with van der Waals surface area (Å²) in [6.45, 7) is 2.72. The van der Waals surface area contributed by atoms with E-state index >= 15 is 0 Å². The molecule has 2 N–H and O–H groups in total. The maximum Gasteiger partial charge on any atom is 0.248 e. The summed E-state index contributed by atoms with van der Waals surface area (Å²) < 4.78 is 1.82. The van der Waals surface area contributed by atoms with Crippen molar-refractivity contribution in [2.45, 2.75) is 32.6 Å². The van der Waals surface area contributed by atoms with Gasteiger partial charge in [0.05, 0.1) is 6.20 Å². The summed E-state index contributed by atoms with van der Waals surface area (Å²) in [5.41, 5.74) is 9.95. The Labute approximate surface area is 141 Å². The van der Waals surface area contributed by atoms with Gasteiger partial charge in [-0.05, 0) is 55.5 Å². The highest BCUT2D eigenvalue weighted by Crippen LogP contribution is 2.29. The Morgan fingerprint density at radius 1 is 1.33 bits per heavy atom. The quantitative estimate of drug-likeness (QED) is 0.929. The summed E-state index contributed by atoms with van der Waals surface area (Å²) in [6, 6.07) is 5.34. The third kappa shape index (κ3) is 3.04. The number of nitrogens with two attached hydrogens (primary N) is 1. The summed E-state index contributed by atoms with van der Waals surface area (Å²) in [6.07, 6.45) is 4.72. The molecule has 1 aromatic carbocycles. The van der Waals surface area contributed by atoms with Gasteiger partial charge in [-0.2, -0.15) is 5.10 Å². The number of rotatable bonds is 4. The molecule has 0 atom stereocenters. The lowest BCUT2D eigenvalue weighted by atomic mass is 9.98. The van der Waals surface area contributed by atoms with Crippen molar-refractivity contribution < 1.29 is 9.59 Å². The first-order chi connectivity index (χ1) is 11.5. The highest BCUT2D eigenvalue weighted by Gasteiger charge is 2.23. The highest BCUT2D eigenvalue weighted by molar-refractivity contribution is 5.97. The van der Waals surface area contributed by atoms with Gasteiger partial charge >= 0.3 is 0 Å². The smallest absolute Gasteiger partial charge is 0.248 e. The molecule has 6 heteroatoms. The molecule has 3 rings (SSSR count). The molecular weight excluding hydrogens is 304 g/mol. The molecule has 0 unspecified atom stereocenters. The molecule has 126 valence electrons. The van der Waals surface area contributed by atoms with Gasteiger partial charge in [0.2, 0.25) is 11.8 Å². The minimum absolute atomic E-state index is 0.103. The average molecular weight is 326 g/mol. The Morgan fingerprint density at radius 3 is 2.79 bits per heavy atom. The second-order valence-corrected chi connectivity index (χ2v) is 6.24. The lowest BCUT2D eigenvalue weighted by Gasteiger charge is -2.30. The molecule has 1 aromatic heterocycles. The number of hydrogen-bond donors (Lipinski definition) is 1. The van der Waals surface area contributed by atoms with Crippen LogP contribution in [0.15, 0.2) is 24.4 Å². The van der Waals surface area contributed by atoms with Crippen molar-refractivity contribution >= 4 is 17.5 Å². The molecule has 0 bridgehead atoms. The Morgan fingerprint density at radius 2 is 2.12 bits per heavy atom. The molecule has 1 aliphatic rings. The molecule has 1 aliphatic heterocycles. The van der Waals surface area contributed by atoms with Crippen LogP contribution in [0.5, 0.6) is 0 Å². The zero-order valence-electron chi connectivity index (χ0n) is 14.1. The molecule has 24 heavy (non-hydrogen) atoms. The Kier molecular flexibility index (Phi) is 4.38. The largest absolute Gasteiger partial charge is 0.366 e. The van der Waals surface area contributed by atoms with Crippen LogP contribution in [0.25, 0.3) is 0 Å². The second kappa shape index (κ2) is 6.47. The van der Waals surface area contributed by atoms with Crippen molar-refractivity contribution in [3.63, 3.8) is 0 Å². The standard InChI is InChI=1S/C18H22N4O2/c1-12-15(11-20-21(12)2)6-8-17(23)22-9-3-4-13-10-14(18(19)24)5-7-16(13)22/h5,7,10-11H,3-4,6,8-9H2,1-2H3,(H2,19,24). The maximum atomic E-state index is 12.7. The van der Waals surface area contributed by atoms with Gasteiger partial charge in [0.1, 0.15) is 0 Å².